The molecular weight excluding hydrogens is 186 g/mol. The first kappa shape index (κ1) is 9.90. The minimum atomic E-state index is 0.187. The van der Waals surface area contributed by atoms with Gasteiger partial charge in [-0.2, -0.15) is 0 Å². The molecule has 0 bridgehead atoms. The van der Waals surface area contributed by atoms with Crippen molar-refractivity contribution in [2.45, 2.75) is 26.2 Å². The number of rotatable bonds is 1. The number of aromatic nitrogens is 3. The Morgan fingerprint density at radius 3 is 2.27 bits per heavy atom. The lowest BCUT2D eigenvalue weighted by Gasteiger charge is -2.18. The predicted octanol–water partition coefficient (Wildman–Crippen LogP) is 2.57. The minimum absolute atomic E-state index is 0.187. The maximum atomic E-state index is 3.99. The lowest BCUT2D eigenvalue weighted by atomic mass is 9.87. The number of nitrogens with zero attached hydrogens (tertiary/aromatic N) is 2. The van der Waals surface area contributed by atoms with Crippen LogP contribution in [0.3, 0.4) is 0 Å². The summed E-state index contributed by atoms with van der Waals surface area (Å²) >= 11 is 0. The van der Waals surface area contributed by atoms with E-state index in [1.165, 1.54) is 5.56 Å². The molecule has 77 valence electrons. The molecule has 3 nitrogen and oxygen atoms in total. The summed E-state index contributed by atoms with van der Waals surface area (Å²) in [5.41, 5.74) is 2.54. The van der Waals surface area contributed by atoms with Crippen molar-refractivity contribution in [2.75, 3.05) is 0 Å². The second-order valence-electron chi connectivity index (χ2n) is 4.61. The summed E-state index contributed by atoms with van der Waals surface area (Å²) in [5, 5.41) is 6.50. The first-order chi connectivity index (χ1) is 7.07. The summed E-state index contributed by atoms with van der Waals surface area (Å²) < 4.78 is 0. The second-order valence-corrected chi connectivity index (χ2v) is 4.61. The molecule has 3 heteroatoms. The van der Waals surface area contributed by atoms with E-state index in [1.54, 1.807) is 0 Å². The number of aromatic amines is 1. The van der Waals surface area contributed by atoms with Crippen molar-refractivity contribution in [2.24, 2.45) is 0 Å². The van der Waals surface area contributed by atoms with Gasteiger partial charge >= 0.3 is 0 Å². The third kappa shape index (κ3) is 2.06. The van der Waals surface area contributed by atoms with Gasteiger partial charge in [-0.25, -0.2) is 4.98 Å². The van der Waals surface area contributed by atoms with E-state index in [1.807, 2.05) is 0 Å². The number of hydrogen-bond acceptors (Lipinski definition) is 2. The molecule has 15 heavy (non-hydrogen) atoms. The molecule has 1 radical (unpaired) electrons. The minimum Gasteiger partial charge on any atom is -0.259 e. The molecule has 2 aromatic rings. The Hall–Kier alpha value is -1.64. The molecule has 0 atom stereocenters. The van der Waals surface area contributed by atoms with Crippen molar-refractivity contribution in [1.29, 1.82) is 0 Å². The van der Waals surface area contributed by atoms with Crippen LogP contribution in [0, 0.1) is 6.33 Å². The SMILES string of the molecule is CC(C)(C)c1ccc(-c2n[c]n[nH]2)cc1. The van der Waals surface area contributed by atoms with E-state index in [0.29, 0.717) is 0 Å². The first-order valence-electron chi connectivity index (χ1n) is 4.97. The van der Waals surface area contributed by atoms with Crippen LogP contribution < -0.4 is 0 Å². The third-order valence-corrected chi connectivity index (χ3v) is 2.40. The van der Waals surface area contributed by atoms with E-state index >= 15 is 0 Å². The highest BCUT2D eigenvalue weighted by Crippen LogP contribution is 2.24. The molecule has 0 aliphatic rings. The van der Waals surface area contributed by atoms with Gasteiger partial charge in [0.05, 0.1) is 0 Å². The Morgan fingerprint density at radius 1 is 1.13 bits per heavy atom. The smallest absolute Gasteiger partial charge is 0.221 e. The molecule has 1 N–H and O–H groups in total. The number of hydrogen-bond donors (Lipinski definition) is 1. The summed E-state index contributed by atoms with van der Waals surface area (Å²) in [5.74, 6) is 0.760. The summed E-state index contributed by atoms with van der Waals surface area (Å²) in [7, 11) is 0. The maximum absolute atomic E-state index is 3.99. The molecule has 1 heterocycles. The number of benzene rings is 1. The molecule has 1 aromatic heterocycles. The Bertz CT molecular complexity index is 421. The van der Waals surface area contributed by atoms with Crippen LogP contribution in [0.5, 0.6) is 0 Å². The van der Waals surface area contributed by atoms with Gasteiger partial charge in [0.25, 0.3) is 0 Å². The van der Waals surface area contributed by atoms with Gasteiger partial charge in [0.2, 0.25) is 6.33 Å². The molecule has 0 saturated heterocycles. The van der Waals surface area contributed by atoms with Gasteiger partial charge < -0.3 is 0 Å². The quantitative estimate of drug-likeness (QED) is 0.768. The highest BCUT2D eigenvalue weighted by atomic mass is 15.2. The van der Waals surface area contributed by atoms with Gasteiger partial charge in [-0.1, -0.05) is 45.0 Å². The van der Waals surface area contributed by atoms with Crippen LogP contribution in [0.2, 0.25) is 0 Å². The van der Waals surface area contributed by atoms with Crippen LogP contribution >= 0.6 is 0 Å². The van der Waals surface area contributed by atoms with Gasteiger partial charge in [0.15, 0.2) is 5.82 Å². The maximum Gasteiger partial charge on any atom is 0.221 e. The van der Waals surface area contributed by atoms with E-state index in [2.05, 4.69) is 66.5 Å². The third-order valence-electron chi connectivity index (χ3n) is 2.40. The Balaban J connectivity index is 2.33. The van der Waals surface area contributed by atoms with Crippen LogP contribution in [-0.2, 0) is 5.41 Å². The van der Waals surface area contributed by atoms with Crippen molar-refractivity contribution in [3.8, 4) is 11.4 Å². The largest absolute Gasteiger partial charge is 0.259 e. The number of H-pyrrole nitrogens is 1. The van der Waals surface area contributed by atoms with Crippen molar-refractivity contribution < 1.29 is 0 Å². The molecule has 0 saturated carbocycles. The van der Waals surface area contributed by atoms with Crippen LogP contribution in [0.15, 0.2) is 24.3 Å². The van der Waals surface area contributed by atoms with Crippen molar-refractivity contribution in [3.05, 3.63) is 36.2 Å². The Labute approximate surface area is 89.6 Å². The fraction of sp³-hybridized carbons (Fsp3) is 0.333. The Morgan fingerprint density at radius 2 is 1.80 bits per heavy atom. The normalized spacial score (nSPS) is 11.7. The zero-order valence-corrected chi connectivity index (χ0v) is 9.20. The van der Waals surface area contributed by atoms with E-state index in [4.69, 9.17) is 0 Å². The lowest BCUT2D eigenvalue weighted by molar-refractivity contribution is 0.590. The second kappa shape index (κ2) is 3.50. The molecule has 0 fully saturated rings. The standard InChI is InChI=1S/C12H14N3/c1-12(2,3)10-6-4-9(5-7-10)11-13-8-14-15-11/h4-7H,1-3H3,(H,13,14,15). The molecule has 0 amide bonds. The molecule has 0 spiro atoms. The molecular formula is C12H14N3. The van der Waals surface area contributed by atoms with E-state index < -0.39 is 0 Å². The highest BCUT2D eigenvalue weighted by Gasteiger charge is 2.13. The first-order valence-corrected chi connectivity index (χ1v) is 4.97. The summed E-state index contributed by atoms with van der Waals surface area (Å²) in [6.45, 7) is 6.60. The molecule has 1 aromatic carbocycles. The van der Waals surface area contributed by atoms with Gasteiger partial charge in [-0.15, -0.1) is 5.10 Å². The van der Waals surface area contributed by atoms with Crippen LogP contribution in [0.1, 0.15) is 26.3 Å². The van der Waals surface area contributed by atoms with Crippen molar-refractivity contribution in [3.63, 3.8) is 0 Å². The van der Waals surface area contributed by atoms with Crippen LogP contribution in [0.4, 0.5) is 0 Å². The zero-order valence-electron chi connectivity index (χ0n) is 9.20. The van der Waals surface area contributed by atoms with Gasteiger partial charge in [0.1, 0.15) is 0 Å². The topological polar surface area (TPSA) is 41.6 Å². The van der Waals surface area contributed by atoms with Crippen LogP contribution in [-0.4, -0.2) is 15.2 Å². The lowest BCUT2D eigenvalue weighted by Crippen LogP contribution is -2.10. The zero-order chi connectivity index (χ0) is 10.9. The summed E-state index contributed by atoms with van der Waals surface area (Å²) in [6.07, 6.45) is 2.52. The molecule has 2 rings (SSSR count). The van der Waals surface area contributed by atoms with Crippen LogP contribution in [0.25, 0.3) is 11.4 Å². The van der Waals surface area contributed by atoms with Crippen molar-refractivity contribution in [1.82, 2.24) is 15.2 Å². The van der Waals surface area contributed by atoms with Gasteiger partial charge in [-0.05, 0) is 11.0 Å². The van der Waals surface area contributed by atoms with Gasteiger partial charge in [0, 0.05) is 5.56 Å². The fourth-order valence-electron chi connectivity index (χ4n) is 1.44. The average Bonchev–Trinajstić information content (AvgIpc) is 2.69. The number of nitrogens with one attached hydrogen (secondary N) is 1. The summed E-state index contributed by atoms with van der Waals surface area (Å²) in [4.78, 5) is 3.99. The van der Waals surface area contributed by atoms with Crippen molar-refractivity contribution >= 4 is 0 Å². The van der Waals surface area contributed by atoms with Gasteiger partial charge in [-0.3, -0.25) is 5.10 Å². The van der Waals surface area contributed by atoms with E-state index in [0.717, 1.165) is 11.4 Å². The Kier molecular flexibility index (Phi) is 2.31. The fourth-order valence-corrected chi connectivity index (χ4v) is 1.44. The monoisotopic (exact) mass is 200 g/mol. The molecule has 0 aliphatic carbocycles. The van der Waals surface area contributed by atoms with E-state index in [9.17, 15) is 0 Å². The highest BCUT2D eigenvalue weighted by molar-refractivity contribution is 5.54. The summed E-state index contributed by atoms with van der Waals surface area (Å²) in [6, 6.07) is 8.35. The average molecular weight is 200 g/mol. The van der Waals surface area contributed by atoms with E-state index in [-0.39, 0.29) is 5.41 Å². The molecule has 0 aliphatic heterocycles. The predicted molar refractivity (Wildman–Crippen MR) is 59.4 cm³/mol. The molecule has 0 unspecified atom stereocenters.